The Bertz CT molecular complexity index is 1040. The van der Waals surface area contributed by atoms with Crippen LogP contribution in [0.5, 0.6) is 0 Å². The number of pyridine rings is 1. The van der Waals surface area contributed by atoms with E-state index in [-0.39, 0.29) is 12.1 Å². The van der Waals surface area contributed by atoms with Gasteiger partial charge in [0.2, 0.25) is 0 Å². The minimum atomic E-state index is -0.874. The van der Waals surface area contributed by atoms with Gasteiger partial charge in [-0.15, -0.1) is 0 Å². The van der Waals surface area contributed by atoms with Crippen LogP contribution in [0, 0.1) is 12.3 Å². The molecule has 8 nitrogen and oxygen atoms in total. The van der Waals surface area contributed by atoms with Crippen LogP contribution in [0.2, 0.25) is 0 Å². The SMILES string of the molecule is Cc1ncnc2c1ccn2[C@@H]1C[C@@]2(CO[C@@H](Cc3ccc(N)nc3)C2)[C@@H](O)[C@H]1O. The summed E-state index contributed by atoms with van der Waals surface area (Å²) < 4.78 is 8.03. The van der Waals surface area contributed by atoms with E-state index in [9.17, 15) is 10.2 Å². The van der Waals surface area contributed by atoms with E-state index in [4.69, 9.17) is 10.5 Å². The molecule has 5 rings (SSSR count). The van der Waals surface area contributed by atoms with E-state index in [0.29, 0.717) is 31.7 Å². The standard InChI is InChI=1S/C21H25N5O3/c1-12-15-4-5-26(20(15)25-11-24-12)16-8-21(19(28)18(16)27)7-14(29-10-21)6-13-2-3-17(22)23-9-13/h2-5,9,11,14,16,18-19,27-28H,6-8,10H2,1H3,(H2,22,23)/t14-,16+,18-,19-,21-/m0/s1. The van der Waals surface area contributed by atoms with E-state index < -0.39 is 17.6 Å². The number of fused-ring (bicyclic) bond motifs is 1. The summed E-state index contributed by atoms with van der Waals surface area (Å²) in [6, 6.07) is 5.45. The number of aliphatic hydroxyl groups is 2. The lowest BCUT2D eigenvalue weighted by atomic mass is 9.80. The van der Waals surface area contributed by atoms with Crippen LogP contribution in [-0.4, -0.2) is 54.7 Å². The Hall–Kier alpha value is -2.55. The van der Waals surface area contributed by atoms with Crippen LogP contribution in [0.3, 0.4) is 0 Å². The fourth-order valence-corrected chi connectivity index (χ4v) is 5.01. The Morgan fingerprint density at radius 3 is 2.86 bits per heavy atom. The van der Waals surface area contributed by atoms with Gasteiger partial charge in [0, 0.05) is 29.6 Å². The zero-order valence-electron chi connectivity index (χ0n) is 16.3. The lowest BCUT2D eigenvalue weighted by molar-refractivity contribution is -0.0308. The van der Waals surface area contributed by atoms with Crippen molar-refractivity contribution in [3.63, 3.8) is 0 Å². The van der Waals surface area contributed by atoms with Crippen molar-refractivity contribution in [2.24, 2.45) is 5.41 Å². The average molecular weight is 395 g/mol. The number of aromatic nitrogens is 4. The highest BCUT2D eigenvalue weighted by atomic mass is 16.5. The molecule has 1 saturated carbocycles. The van der Waals surface area contributed by atoms with E-state index >= 15 is 0 Å². The van der Waals surface area contributed by atoms with Crippen molar-refractivity contribution in [1.29, 1.82) is 0 Å². The number of hydrogen-bond acceptors (Lipinski definition) is 7. The van der Waals surface area contributed by atoms with Gasteiger partial charge < -0.3 is 25.3 Å². The van der Waals surface area contributed by atoms with Gasteiger partial charge in [0.05, 0.1) is 30.6 Å². The number of aliphatic hydroxyl groups excluding tert-OH is 2. The predicted octanol–water partition coefficient (Wildman–Crippen LogP) is 1.40. The summed E-state index contributed by atoms with van der Waals surface area (Å²) in [5, 5.41) is 22.8. The third-order valence-corrected chi connectivity index (χ3v) is 6.58. The number of nitrogens with two attached hydrogens (primary N) is 1. The monoisotopic (exact) mass is 395 g/mol. The maximum Gasteiger partial charge on any atom is 0.143 e. The number of rotatable bonds is 3. The molecule has 3 aromatic rings. The Labute approximate surface area is 168 Å². The van der Waals surface area contributed by atoms with Gasteiger partial charge in [0.15, 0.2) is 0 Å². The molecule has 0 aromatic carbocycles. The molecule has 2 fully saturated rings. The predicted molar refractivity (Wildman–Crippen MR) is 107 cm³/mol. The Morgan fingerprint density at radius 1 is 1.21 bits per heavy atom. The van der Waals surface area contributed by atoms with Crippen molar-refractivity contribution < 1.29 is 14.9 Å². The Morgan fingerprint density at radius 2 is 2.07 bits per heavy atom. The Kier molecular flexibility index (Phi) is 4.31. The fourth-order valence-electron chi connectivity index (χ4n) is 5.01. The van der Waals surface area contributed by atoms with Crippen molar-refractivity contribution in [2.45, 2.75) is 50.5 Å². The molecule has 1 aliphatic carbocycles. The molecule has 5 atom stereocenters. The van der Waals surface area contributed by atoms with Gasteiger partial charge in [-0.25, -0.2) is 15.0 Å². The summed E-state index contributed by atoms with van der Waals surface area (Å²) in [5.41, 5.74) is 7.93. The largest absolute Gasteiger partial charge is 0.390 e. The third kappa shape index (κ3) is 2.99. The van der Waals surface area contributed by atoms with Crippen molar-refractivity contribution in [3.8, 4) is 0 Å². The van der Waals surface area contributed by atoms with Gasteiger partial charge in [0.1, 0.15) is 23.9 Å². The normalized spacial score (nSPS) is 31.8. The van der Waals surface area contributed by atoms with Crippen molar-refractivity contribution in [3.05, 3.63) is 48.2 Å². The first-order chi connectivity index (χ1) is 14.0. The van der Waals surface area contributed by atoms with Crippen molar-refractivity contribution in [1.82, 2.24) is 19.5 Å². The third-order valence-electron chi connectivity index (χ3n) is 6.58. The van der Waals surface area contributed by atoms with Gasteiger partial charge in [-0.05, 0) is 37.5 Å². The number of ether oxygens (including phenoxy) is 1. The molecule has 0 unspecified atom stereocenters. The second kappa shape index (κ2) is 6.76. The van der Waals surface area contributed by atoms with Crippen LogP contribution < -0.4 is 5.73 Å². The highest BCUT2D eigenvalue weighted by molar-refractivity contribution is 5.78. The number of anilines is 1. The van der Waals surface area contributed by atoms with Crippen LogP contribution in [0.15, 0.2) is 36.9 Å². The maximum atomic E-state index is 11.0. The number of aryl methyl sites for hydroxylation is 1. The zero-order chi connectivity index (χ0) is 20.2. The molecule has 1 saturated heterocycles. The molecular weight excluding hydrogens is 370 g/mol. The number of nitrogen functional groups attached to an aromatic ring is 1. The maximum absolute atomic E-state index is 11.0. The molecule has 1 aliphatic heterocycles. The first kappa shape index (κ1) is 18.5. The smallest absolute Gasteiger partial charge is 0.143 e. The molecule has 8 heteroatoms. The summed E-state index contributed by atoms with van der Waals surface area (Å²) >= 11 is 0. The number of nitrogens with zero attached hydrogens (tertiary/aromatic N) is 4. The highest BCUT2D eigenvalue weighted by Gasteiger charge is 2.57. The van der Waals surface area contributed by atoms with Crippen LogP contribution in [0.1, 0.15) is 30.1 Å². The fraction of sp³-hybridized carbons (Fsp3) is 0.476. The van der Waals surface area contributed by atoms with Crippen LogP contribution in [0.4, 0.5) is 5.82 Å². The van der Waals surface area contributed by atoms with Crippen LogP contribution >= 0.6 is 0 Å². The molecule has 29 heavy (non-hydrogen) atoms. The zero-order valence-corrected chi connectivity index (χ0v) is 16.3. The second-order valence-electron chi connectivity index (χ2n) is 8.42. The number of hydrogen-bond donors (Lipinski definition) is 3. The average Bonchev–Trinajstić information content (AvgIpc) is 3.38. The van der Waals surface area contributed by atoms with E-state index in [1.54, 1.807) is 12.3 Å². The van der Waals surface area contributed by atoms with Gasteiger partial charge in [-0.3, -0.25) is 0 Å². The first-order valence-corrected chi connectivity index (χ1v) is 9.93. The van der Waals surface area contributed by atoms with Crippen molar-refractivity contribution >= 4 is 16.9 Å². The summed E-state index contributed by atoms with van der Waals surface area (Å²) in [6.45, 7) is 2.37. The summed E-state index contributed by atoms with van der Waals surface area (Å²) in [7, 11) is 0. The molecule has 152 valence electrons. The molecule has 3 aromatic heterocycles. The van der Waals surface area contributed by atoms with Gasteiger partial charge >= 0.3 is 0 Å². The van der Waals surface area contributed by atoms with E-state index in [2.05, 4.69) is 15.0 Å². The van der Waals surface area contributed by atoms with E-state index in [1.807, 2.05) is 29.8 Å². The van der Waals surface area contributed by atoms with Gasteiger partial charge in [-0.1, -0.05) is 6.07 Å². The minimum Gasteiger partial charge on any atom is -0.390 e. The lowest BCUT2D eigenvalue weighted by Crippen LogP contribution is -2.37. The minimum absolute atomic E-state index is 0.0213. The summed E-state index contributed by atoms with van der Waals surface area (Å²) in [6.07, 6.45) is 5.53. The first-order valence-electron chi connectivity index (χ1n) is 9.93. The van der Waals surface area contributed by atoms with Crippen LogP contribution in [0.25, 0.3) is 11.0 Å². The van der Waals surface area contributed by atoms with Crippen molar-refractivity contribution in [2.75, 3.05) is 12.3 Å². The molecular formula is C21H25N5O3. The van der Waals surface area contributed by atoms with Crippen LogP contribution in [-0.2, 0) is 11.2 Å². The van der Waals surface area contributed by atoms with E-state index in [0.717, 1.165) is 22.3 Å². The summed E-state index contributed by atoms with van der Waals surface area (Å²) in [4.78, 5) is 12.8. The molecule has 1 spiro atoms. The van der Waals surface area contributed by atoms with Gasteiger partial charge in [0.25, 0.3) is 0 Å². The Balaban J connectivity index is 1.38. The topological polar surface area (TPSA) is 119 Å². The summed E-state index contributed by atoms with van der Waals surface area (Å²) in [5.74, 6) is 0.493. The van der Waals surface area contributed by atoms with E-state index in [1.165, 1.54) is 6.33 Å². The highest BCUT2D eigenvalue weighted by Crippen LogP contribution is 2.52. The second-order valence-corrected chi connectivity index (χ2v) is 8.42. The lowest BCUT2D eigenvalue weighted by Gasteiger charge is -2.26. The molecule has 0 amide bonds. The molecule has 4 N–H and O–H groups in total. The molecule has 4 heterocycles. The molecule has 2 aliphatic rings. The quantitative estimate of drug-likeness (QED) is 0.613. The molecule has 0 radical (unpaired) electrons. The van der Waals surface area contributed by atoms with Gasteiger partial charge in [-0.2, -0.15) is 0 Å². The molecule has 0 bridgehead atoms.